The molecule has 1 atom stereocenters. The van der Waals surface area contributed by atoms with E-state index in [2.05, 4.69) is 10.1 Å². The molecular formula is C17H14Cl2FNO3. The van der Waals surface area contributed by atoms with Gasteiger partial charge in [-0.2, -0.15) is 0 Å². The Hall–Kier alpha value is -2.11. The highest BCUT2D eigenvalue weighted by molar-refractivity contribution is 6.34. The third-order valence-corrected chi connectivity index (χ3v) is 4.02. The van der Waals surface area contributed by atoms with Gasteiger partial charge in [0.1, 0.15) is 5.82 Å². The molecule has 1 amide bonds. The third kappa shape index (κ3) is 4.46. The van der Waals surface area contributed by atoms with E-state index in [0.717, 1.165) is 12.1 Å². The molecule has 24 heavy (non-hydrogen) atoms. The second-order valence-electron chi connectivity index (χ2n) is 4.95. The van der Waals surface area contributed by atoms with Crippen LogP contribution in [0.5, 0.6) is 0 Å². The van der Waals surface area contributed by atoms with Gasteiger partial charge in [0.15, 0.2) is 0 Å². The van der Waals surface area contributed by atoms with Crippen LogP contribution in [0.3, 0.4) is 0 Å². The van der Waals surface area contributed by atoms with E-state index in [4.69, 9.17) is 23.2 Å². The standard InChI is InChI=1S/C17H14Cl2FNO3/c1-24-16(22)9-15(11-4-2-3-5-13(11)18)21-17(23)12-7-6-10(20)8-14(12)19/h2-8,15H,9H2,1H3,(H,21,23). The van der Waals surface area contributed by atoms with Crippen molar-refractivity contribution in [2.75, 3.05) is 7.11 Å². The second kappa shape index (κ2) is 8.13. The molecule has 0 bridgehead atoms. The molecule has 2 rings (SSSR count). The number of methoxy groups -OCH3 is 1. The van der Waals surface area contributed by atoms with Crippen molar-refractivity contribution in [2.24, 2.45) is 0 Å². The minimum atomic E-state index is -0.709. The summed E-state index contributed by atoms with van der Waals surface area (Å²) in [5.41, 5.74) is 0.663. The van der Waals surface area contributed by atoms with E-state index in [0.29, 0.717) is 10.6 Å². The summed E-state index contributed by atoms with van der Waals surface area (Å²) >= 11 is 12.0. The number of nitrogens with one attached hydrogen (secondary N) is 1. The largest absolute Gasteiger partial charge is 0.469 e. The Balaban J connectivity index is 2.29. The molecule has 0 fully saturated rings. The smallest absolute Gasteiger partial charge is 0.307 e. The summed E-state index contributed by atoms with van der Waals surface area (Å²) in [4.78, 5) is 24.1. The van der Waals surface area contributed by atoms with Gasteiger partial charge in [-0.05, 0) is 29.8 Å². The Labute approximate surface area is 148 Å². The zero-order valence-electron chi connectivity index (χ0n) is 12.7. The van der Waals surface area contributed by atoms with Crippen molar-refractivity contribution in [3.05, 3.63) is 69.5 Å². The minimum absolute atomic E-state index is 0.0246. The zero-order chi connectivity index (χ0) is 17.7. The lowest BCUT2D eigenvalue weighted by Gasteiger charge is -2.19. The van der Waals surface area contributed by atoms with Gasteiger partial charge in [-0.25, -0.2) is 4.39 Å². The van der Waals surface area contributed by atoms with Crippen molar-refractivity contribution >= 4 is 35.1 Å². The Kier molecular flexibility index (Phi) is 6.17. The fourth-order valence-corrected chi connectivity index (χ4v) is 2.68. The molecule has 2 aromatic carbocycles. The molecule has 0 radical (unpaired) electrons. The van der Waals surface area contributed by atoms with Crippen LogP contribution < -0.4 is 5.32 Å². The molecule has 0 aliphatic heterocycles. The number of ether oxygens (including phenoxy) is 1. The highest BCUT2D eigenvalue weighted by atomic mass is 35.5. The first-order chi connectivity index (χ1) is 11.4. The summed E-state index contributed by atoms with van der Waals surface area (Å²) < 4.78 is 17.8. The SMILES string of the molecule is COC(=O)CC(NC(=O)c1ccc(F)cc1Cl)c1ccccc1Cl. The molecule has 0 spiro atoms. The molecule has 1 unspecified atom stereocenters. The van der Waals surface area contributed by atoms with Crippen molar-refractivity contribution in [3.63, 3.8) is 0 Å². The van der Waals surface area contributed by atoms with Crippen molar-refractivity contribution in [1.82, 2.24) is 5.32 Å². The number of benzene rings is 2. The number of esters is 1. The molecule has 0 saturated carbocycles. The van der Waals surface area contributed by atoms with Crippen LogP contribution in [-0.2, 0) is 9.53 Å². The fraction of sp³-hybridized carbons (Fsp3) is 0.176. The summed E-state index contributed by atoms with van der Waals surface area (Å²) in [5.74, 6) is -1.60. The minimum Gasteiger partial charge on any atom is -0.469 e. The van der Waals surface area contributed by atoms with Gasteiger partial charge < -0.3 is 10.1 Å². The number of amides is 1. The van der Waals surface area contributed by atoms with Crippen LogP contribution in [0.2, 0.25) is 10.0 Å². The number of halogens is 3. The molecule has 0 heterocycles. The van der Waals surface area contributed by atoms with Crippen LogP contribution in [0.25, 0.3) is 0 Å². The molecule has 2 aromatic rings. The summed E-state index contributed by atoms with van der Waals surface area (Å²) in [6, 6.07) is 9.56. The van der Waals surface area contributed by atoms with E-state index in [-0.39, 0.29) is 17.0 Å². The molecular weight excluding hydrogens is 356 g/mol. The van der Waals surface area contributed by atoms with Gasteiger partial charge in [0.05, 0.1) is 30.2 Å². The van der Waals surface area contributed by atoms with E-state index < -0.39 is 23.7 Å². The first-order valence-corrected chi connectivity index (χ1v) is 7.75. The quantitative estimate of drug-likeness (QED) is 0.804. The molecule has 4 nitrogen and oxygen atoms in total. The predicted octanol–water partition coefficient (Wildman–Crippen LogP) is 4.17. The van der Waals surface area contributed by atoms with Crippen LogP contribution in [0.1, 0.15) is 28.4 Å². The van der Waals surface area contributed by atoms with Crippen LogP contribution in [0, 0.1) is 5.82 Å². The maximum absolute atomic E-state index is 13.1. The van der Waals surface area contributed by atoms with Crippen molar-refractivity contribution in [2.45, 2.75) is 12.5 Å². The molecule has 0 aliphatic rings. The summed E-state index contributed by atoms with van der Waals surface area (Å²) in [6.07, 6.45) is -0.106. The number of hydrogen-bond acceptors (Lipinski definition) is 3. The molecule has 7 heteroatoms. The Morgan fingerprint density at radius 2 is 1.88 bits per heavy atom. The Morgan fingerprint density at radius 1 is 1.17 bits per heavy atom. The van der Waals surface area contributed by atoms with Gasteiger partial charge in [-0.1, -0.05) is 41.4 Å². The van der Waals surface area contributed by atoms with Crippen LogP contribution in [-0.4, -0.2) is 19.0 Å². The van der Waals surface area contributed by atoms with Gasteiger partial charge in [-0.3, -0.25) is 9.59 Å². The number of carbonyl (C=O) groups is 2. The van der Waals surface area contributed by atoms with E-state index in [9.17, 15) is 14.0 Å². The van der Waals surface area contributed by atoms with E-state index in [1.807, 2.05) is 0 Å². The second-order valence-corrected chi connectivity index (χ2v) is 5.77. The van der Waals surface area contributed by atoms with Crippen molar-refractivity contribution < 1.29 is 18.7 Å². The molecule has 126 valence electrons. The van der Waals surface area contributed by atoms with Crippen LogP contribution in [0.15, 0.2) is 42.5 Å². The first-order valence-electron chi connectivity index (χ1n) is 6.99. The predicted molar refractivity (Wildman–Crippen MR) is 89.7 cm³/mol. The van der Waals surface area contributed by atoms with Crippen molar-refractivity contribution in [3.8, 4) is 0 Å². The van der Waals surface area contributed by atoms with Gasteiger partial charge >= 0.3 is 5.97 Å². The zero-order valence-corrected chi connectivity index (χ0v) is 14.2. The lowest BCUT2D eigenvalue weighted by Crippen LogP contribution is -2.31. The Bertz CT molecular complexity index is 767. The topological polar surface area (TPSA) is 55.4 Å². The van der Waals surface area contributed by atoms with E-state index >= 15 is 0 Å². The summed E-state index contributed by atoms with van der Waals surface area (Å²) in [6.45, 7) is 0. The molecule has 0 aromatic heterocycles. The van der Waals surface area contributed by atoms with Crippen LogP contribution >= 0.6 is 23.2 Å². The molecule has 0 aliphatic carbocycles. The van der Waals surface area contributed by atoms with Gasteiger partial charge in [0.25, 0.3) is 5.91 Å². The fourth-order valence-electron chi connectivity index (χ4n) is 2.16. The van der Waals surface area contributed by atoms with Crippen LogP contribution in [0.4, 0.5) is 4.39 Å². The Morgan fingerprint density at radius 3 is 2.50 bits per heavy atom. The lowest BCUT2D eigenvalue weighted by molar-refractivity contribution is -0.141. The molecule has 0 saturated heterocycles. The lowest BCUT2D eigenvalue weighted by atomic mass is 10.0. The van der Waals surface area contributed by atoms with Gasteiger partial charge in [-0.15, -0.1) is 0 Å². The first kappa shape index (κ1) is 18.2. The summed E-state index contributed by atoms with van der Waals surface area (Å²) in [7, 11) is 1.25. The maximum atomic E-state index is 13.1. The normalized spacial score (nSPS) is 11.7. The molecule has 1 N–H and O–H groups in total. The van der Waals surface area contributed by atoms with Gasteiger partial charge in [0, 0.05) is 5.02 Å². The van der Waals surface area contributed by atoms with Gasteiger partial charge in [0.2, 0.25) is 0 Å². The maximum Gasteiger partial charge on any atom is 0.307 e. The number of hydrogen-bond donors (Lipinski definition) is 1. The highest BCUT2D eigenvalue weighted by Crippen LogP contribution is 2.26. The average Bonchev–Trinajstić information content (AvgIpc) is 2.54. The number of carbonyl (C=O) groups excluding carboxylic acids is 2. The average molecular weight is 370 g/mol. The van der Waals surface area contributed by atoms with Crippen molar-refractivity contribution in [1.29, 1.82) is 0 Å². The van der Waals surface area contributed by atoms with E-state index in [1.54, 1.807) is 24.3 Å². The monoisotopic (exact) mass is 369 g/mol. The summed E-state index contributed by atoms with van der Waals surface area (Å²) in [5, 5.41) is 3.06. The number of rotatable bonds is 5. The third-order valence-electron chi connectivity index (χ3n) is 3.36. The highest BCUT2D eigenvalue weighted by Gasteiger charge is 2.22. The van der Waals surface area contributed by atoms with E-state index in [1.165, 1.54) is 13.2 Å².